The number of rotatable bonds is 0. The van der Waals surface area contributed by atoms with Gasteiger partial charge in [0.05, 0.1) is 0 Å². The van der Waals surface area contributed by atoms with Crippen molar-refractivity contribution >= 4 is 0 Å². The topological polar surface area (TPSA) is 40.2 Å². The summed E-state index contributed by atoms with van der Waals surface area (Å²) in [6.07, 6.45) is 2.14. The Labute approximate surface area is 152 Å². The van der Waals surface area contributed by atoms with Crippen LogP contribution in [0.3, 0.4) is 0 Å². The molecule has 6 rings (SSSR count). The highest BCUT2D eigenvalue weighted by atomic mass is 16.7. The normalized spacial score (nSPS) is 27.7. The van der Waals surface area contributed by atoms with Gasteiger partial charge in [-0.3, -0.25) is 4.90 Å². The van der Waals surface area contributed by atoms with E-state index in [4.69, 9.17) is 18.9 Å². The van der Waals surface area contributed by atoms with E-state index < -0.39 is 0 Å². The number of benzene rings is 2. The summed E-state index contributed by atoms with van der Waals surface area (Å²) in [4.78, 5) is 2.45. The SMILES string of the molecule is CN1Cc2c(ccc3c2OCO3)[C@@]2(C)CCc3cc4c(cc3[C@@H]12)OCO4. The number of ether oxygens (including phenoxy) is 4. The van der Waals surface area contributed by atoms with Crippen LogP contribution in [0.5, 0.6) is 23.0 Å². The van der Waals surface area contributed by atoms with Crippen LogP contribution in [-0.4, -0.2) is 25.5 Å². The molecule has 0 amide bonds. The number of likely N-dealkylation sites (N-methyl/N-ethyl adjacent to an activating group) is 1. The van der Waals surface area contributed by atoms with E-state index in [2.05, 4.69) is 43.1 Å². The van der Waals surface area contributed by atoms with Crippen LogP contribution in [0.2, 0.25) is 0 Å². The van der Waals surface area contributed by atoms with Crippen LogP contribution in [0.25, 0.3) is 0 Å². The zero-order valence-electron chi connectivity index (χ0n) is 15.0. The van der Waals surface area contributed by atoms with Gasteiger partial charge in [0.2, 0.25) is 13.6 Å². The van der Waals surface area contributed by atoms with Crippen LogP contribution in [0.4, 0.5) is 0 Å². The summed E-state index contributed by atoms with van der Waals surface area (Å²) < 4.78 is 22.7. The van der Waals surface area contributed by atoms with Crippen molar-refractivity contribution in [1.29, 1.82) is 0 Å². The lowest BCUT2D eigenvalue weighted by molar-refractivity contribution is 0.107. The molecule has 0 fully saturated rings. The summed E-state index contributed by atoms with van der Waals surface area (Å²) >= 11 is 0. The lowest BCUT2D eigenvalue weighted by Gasteiger charge is -2.51. The highest BCUT2D eigenvalue weighted by Crippen LogP contribution is 2.57. The lowest BCUT2D eigenvalue weighted by atomic mass is 9.62. The van der Waals surface area contributed by atoms with Crippen molar-refractivity contribution in [2.24, 2.45) is 0 Å². The van der Waals surface area contributed by atoms with Gasteiger partial charge in [-0.1, -0.05) is 13.0 Å². The van der Waals surface area contributed by atoms with E-state index in [9.17, 15) is 0 Å². The third kappa shape index (κ3) is 1.74. The van der Waals surface area contributed by atoms with Crippen molar-refractivity contribution < 1.29 is 18.9 Å². The summed E-state index contributed by atoms with van der Waals surface area (Å²) in [5.41, 5.74) is 5.46. The first-order chi connectivity index (χ1) is 12.6. The molecule has 2 aromatic rings. The molecule has 0 radical (unpaired) electrons. The van der Waals surface area contributed by atoms with Gasteiger partial charge in [0.25, 0.3) is 0 Å². The third-order valence-electron chi connectivity index (χ3n) is 6.55. The first-order valence-electron chi connectivity index (χ1n) is 9.20. The zero-order valence-corrected chi connectivity index (χ0v) is 15.0. The molecular weight excluding hydrogens is 330 g/mol. The second kappa shape index (κ2) is 4.86. The molecule has 0 unspecified atom stereocenters. The Morgan fingerprint density at radius 1 is 1.00 bits per heavy atom. The predicted molar refractivity (Wildman–Crippen MR) is 95.0 cm³/mol. The standard InChI is InChI=1S/C21H21NO4/c1-21-6-5-12-7-17-18(25-10-24-17)8-13(12)20(21)22(2)9-14-15(21)3-4-16-19(14)26-11-23-16/h3-4,7-8,20H,5-6,9-11H2,1-2H3/t20-,21-/m1/s1. The van der Waals surface area contributed by atoms with Gasteiger partial charge in [-0.15, -0.1) is 0 Å². The van der Waals surface area contributed by atoms with Crippen molar-refractivity contribution in [2.75, 3.05) is 20.6 Å². The minimum atomic E-state index is 0.0318. The van der Waals surface area contributed by atoms with Crippen LogP contribution in [0.15, 0.2) is 24.3 Å². The van der Waals surface area contributed by atoms with Crippen LogP contribution in [0, 0.1) is 0 Å². The minimum absolute atomic E-state index is 0.0318. The van der Waals surface area contributed by atoms with Gasteiger partial charge in [0.15, 0.2) is 23.0 Å². The monoisotopic (exact) mass is 351 g/mol. The average Bonchev–Trinajstić information content (AvgIpc) is 3.28. The molecule has 0 aromatic heterocycles. The van der Waals surface area contributed by atoms with Crippen molar-refractivity contribution in [3.05, 3.63) is 46.5 Å². The first kappa shape index (κ1) is 14.7. The second-order valence-corrected chi connectivity index (χ2v) is 7.96. The van der Waals surface area contributed by atoms with Crippen LogP contribution >= 0.6 is 0 Å². The van der Waals surface area contributed by atoms with Crippen LogP contribution in [0.1, 0.15) is 41.6 Å². The molecule has 1 aliphatic carbocycles. The van der Waals surface area contributed by atoms with Gasteiger partial charge in [-0.2, -0.15) is 0 Å². The van der Waals surface area contributed by atoms with E-state index in [-0.39, 0.29) is 5.41 Å². The Kier molecular flexibility index (Phi) is 2.75. The molecule has 134 valence electrons. The number of nitrogens with zero attached hydrogens (tertiary/aromatic N) is 1. The van der Waals surface area contributed by atoms with E-state index in [0.717, 1.165) is 42.4 Å². The number of hydrogen-bond acceptors (Lipinski definition) is 5. The highest BCUT2D eigenvalue weighted by Gasteiger charge is 2.48. The summed E-state index contributed by atoms with van der Waals surface area (Å²) in [7, 11) is 2.21. The molecule has 0 saturated carbocycles. The molecule has 3 aliphatic heterocycles. The maximum absolute atomic E-state index is 5.81. The predicted octanol–water partition coefficient (Wildman–Crippen LogP) is 3.53. The van der Waals surface area contributed by atoms with Gasteiger partial charge >= 0.3 is 0 Å². The van der Waals surface area contributed by atoms with Crippen molar-refractivity contribution in [3.8, 4) is 23.0 Å². The molecule has 4 aliphatic rings. The third-order valence-corrected chi connectivity index (χ3v) is 6.55. The number of hydrogen-bond donors (Lipinski definition) is 0. The van der Waals surface area contributed by atoms with Gasteiger partial charge in [-0.05, 0) is 54.8 Å². The van der Waals surface area contributed by atoms with E-state index in [1.165, 1.54) is 22.3 Å². The van der Waals surface area contributed by atoms with E-state index >= 15 is 0 Å². The maximum Gasteiger partial charge on any atom is 0.231 e. The van der Waals surface area contributed by atoms with E-state index in [0.29, 0.717) is 19.6 Å². The minimum Gasteiger partial charge on any atom is -0.454 e. The zero-order chi connectivity index (χ0) is 17.5. The van der Waals surface area contributed by atoms with Crippen molar-refractivity contribution in [1.82, 2.24) is 4.90 Å². The fraction of sp³-hybridized carbons (Fsp3) is 0.429. The molecule has 0 spiro atoms. The number of aryl methyl sites for hydroxylation is 1. The molecular formula is C21H21NO4. The molecule has 0 N–H and O–H groups in total. The maximum atomic E-state index is 5.81. The second-order valence-electron chi connectivity index (χ2n) is 7.96. The van der Waals surface area contributed by atoms with Gasteiger partial charge in [-0.25, -0.2) is 0 Å². The molecule has 0 bridgehead atoms. The fourth-order valence-corrected chi connectivity index (χ4v) is 5.41. The highest BCUT2D eigenvalue weighted by molar-refractivity contribution is 5.59. The van der Waals surface area contributed by atoms with E-state index in [1.54, 1.807) is 0 Å². The molecule has 26 heavy (non-hydrogen) atoms. The molecule has 3 heterocycles. The quantitative estimate of drug-likeness (QED) is 0.726. The molecule has 5 heteroatoms. The Morgan fingerprint density at radius 3 is 2.65 bits per heavy atom. The summed E-state index contributed by atoms with van der Waals surface area (Å²) in [6.45, 7) is 3.89. The molecule has 2 aromatic carbocycles. The van der Waals surface area contributed by atoms with Gasteiger partial charge in [0.1, 0.15) is 0 Å². The Balaban J connectivity index is 1.55. The Hall–Kier alpha value is -2.40. The average molecular weight is 351 g/mol. The largest absolute Gasteiger partial charge is 0.454 e. The Morgan fingerprint density at radius 2 is 1.77 bits per heavy atom. The smallest absolute Gasteiger partial charge is 0.231 e. The van der Waals surface area contributed by atoms with Gasteiger partial charge in [0, 0.05) is 23.6 Å². The fourth-order valence-electron chi connectivity index (χ4n) is 5.41. The lowest BCUT2D eigenvalue weighted by Crippen LogP contribution is -2.47. The van der Waals surface area contributed by atoms with Gasteiger partial charge < -0.3 is 18.9 Å². The molecule has 5 nitrogen and oxygen atoms in total. The number of fused-ring (bicyclic) bond motifs is 8. The van der Waals surface area contributed by atoms with Crippen molar-refractivity contribution in [3.63, 3.8) is 0 Å². The van der Waals surface area contributed by atoms with Crippen LogP contribution < -0.4 is 18.9 Å². The Bertz CT molecular complexity index is 940. The van der Waals surface area contributed by atoms with E-state index in [1.807, 2.05) is 0 Å². The van der Waals surface area contributed by atoms with Crippen molar-refractivity contribution in [2.45, 2.75) is 37.8 Å². The molecule has 2 atom stereocenters. The van der Waals surface area contributed by atoms with Crippen LogP contribution in [-0.2, 0) is 18.4 Å². The molecule has 0 saturated heterocycles. The first-order valence-corrected chi connectivity index (χ1v) is 9.20. The summed E-state index contributed by atoms with van der Waals surface area (Å²) in [6, 6.07) is 9.02. The summed E-state index contributed by atoms with van der Waals surface area (Å²) in [5.74, 6) is 3.57. The summed E-state index contributed by atoms with van der Waals surface area (Å²) in [5, 5.41) is 0.